The van der Waals surface area contributed by atoms with Gasteiger partial charge in [-0.1, -0.05) is 0 Å². The van der Waals surface area contributed by atoms with Crippen LogP contribution >= 0.6 is 0 Å². The number of aryl methyl sites for hydroxylation is 1. The number of benzene rings is 1. The second-order valence-electron chi connectivity index (χ2n) is 3.94. The van der Waals surface area contributed by atoms with E-state index in [4.69, 9.17) is 0 Å². The molecule has 0 fully saturated rings. The van der Waals surface area contributed by atoms with Gasteiger partial charge < -0.3 is 0 Å². The lowest BCUT2D eigenvalue weighted by molar-refractivity contribution is 0.0965. The van der Waals surface area contributed by atoms with E-state index in [0.717, 1.165) is 0 Å². The Morgan fingerprint density at radius 2 is 2.22 bits per heavy atom. The number of carbonyl (C=O) groups excluding carboxylic acids is 2. The zero-order valence-corrected chi connectivity index (χ0v) is 9.76. The summed E-state index contributed by atoms with van der Waals surface area (Å²) in [6.07, 6.45) is 2.17. The largest absolute Gasteiger partial charge is 0.296 e. The summed E-state index contributed by atoms with van der Waals surface area (Å²) >= 11 is 0. The van der Waals surface area contributed by atoms with Crippen LogP contribution in [-0.2, 0) is 6.54 Å². The number of halogens is 1. The first-order chi connectivity index (χ1) is 8.60. The molecule has 0 bridgehead atoms. The van der Waals surface area contributed by atoms with Crippen molar-refractivity contribution in [2.75, 3.05) is 0 Å². The van der Waals surface area contributed by atoms with Crippen LogP contribution in [0.3, 0.4) is 0 Å². The van der Waals surface area contributed by atoms with Gasteiger partial charge >= 0.3 is 0 Å². The zero-order valence-electron chi connectivity index (χ0n) is 9.76. The Kier molecular flexibility index (Phi) is 3.32. The van der Waals surface area contributed by atoms with Crippen LogP contribution in [-0.4, -0.2) is 21.8 Å². The molecule has 0 spiro atoms. The first kappa shape index (κ1) is 12.2. The molecule has 0 unspecified atom stereocenters. The molecule has 18 heavy (non-hydrogen) atoms. The summed E-state index contributed by atoms with van der Waals surface area (Å²) in [4.78, 5) is 22.4. The van der Waals surface area contributed by atoms with Gasteiger partial charge in [-0.3, -0.25) is 14.3 Å². The summed E-state index contributed by atoms with van der Waals surface area (Å²) in [7, 11) is 0. The summed E-state index contributed by atoms with van der Waals surface area (Å²) in [5, 5.41) is 3.89. The van der Waals surface area contributed by atoms with Crippen molar-refractivity contribution in [2.45, 2.75) is 13.5 Å². The van der Waals surface area contributed by atoms with Crippen LogP contribution in [0.2, 0.25) is 0 Å². The molecule has 92 valence electrons. The smallest absolute Gasteiger partial charge is 0.184 e. The van der Waals surface area contributed by atoms with Gasteiger partial charge in [-0.15, -0.1) is 0 Å². The highest BCUT2D eigenvalue weighted by Gasteiger charge is 2.09. The third-order valence-corrected chi connectivity index (χ3v) is 2.57. The molecule has 1 aromatic heterocycles. The van der Waals surface area contributed by atoms with Crippen LogP contribution in [0, 0.1) is 12.7 Å². The molecule has 0 saturated heterocycles. The maximum Gasteiger partial charge on any atom is 0.184 e. The summed E-state index contributed by atoms with van der Waals surface area (Å²) < 4.78 is 14.5. The van der Waals surface area contributed by atoms with Crippen molar-refractivity contribution in [1.29, 1.82) is 0 Å². The molecular weight excluding hydrogens is 235 g/mol. The Hall–Kier alpha value is -2.30. The first-order valence-electron chi connectivity index (χ1n) is 5.38. The Labute approximate surface area is 103 Å². The lowest BCUT2D eigenvalue weighted by Gasteiger charge is -2.03. The molecule has 0 aliphatic carbocycles. The SMILES string of the molecule is Cc1cc(C(=O)Cn2ccc(C=O)n2)ccc1F. The molecule has 0 saturated carbocycles. The lowest BCUT2D eigenvalue weighted by atomic mass is 10.1. The normalized spacial score (nSPS) is 10.3. The number of aromatic nitrogens is 2. The van der Waals surface area contributed by atoms with Gasteiger partial charge in [0.2, 0.25) is 0 Å². The van der Waals surface area contributed by atoms with Crippen molar-refractivity contribution in [3.63, 3.8) is 0 Å². The molecule has 0 radical (unpaired) electrons. The van der Waals surface area contributed by atoms with Crippen LogP contribution in [0.25, 0.3) is 0 Å². The molecule has 2 aromatic rings. The highest BCUT2D eigenvalue weighted by atomic mass is 19.1. The van der Waals surface area contributed by atoms with E-state index in [-0.39, 0.29) is 23.8 Å². The number of aldehydes is 1. The van der Waals surface area contributed by atoms with Crippen molar-refractivity contribution < 1.29 is 14.0 Å². The third kappa shape index (κ3) is 2.51. The van der Waals surface area contributed by atoms with Gasteiger partial charge in [-0.05, 0) is 36.8 Å². The maximum atomic E-state index is 13.1. The monoisotopic (exact) mass is 246 g/mol. The number of carbonyl (C=O) groups is 2. The fourth-order valence-corrected chi connectivity index (χ4v) is 1.58. The Morgan fingerprint density at radius 3 is 2.83 bits per heavy atom. The molecule has 4 nitrogen and oxygen atoms in total. The van der Waals surface area contributed by atoms with Gasteiger partial charge in [0.15, 0.2) is 12.1 Å². The van der Waals surface area contributed by atoms with Gasteiger partial charge in [-0.2, -0.15) is 5.10 Å². The molecule has 0 aliphatic heterocycles. The van der Waals surface area contributed by atoms with Crippen molar-refractivity contribution in [3.8, 4) is 0 Å². The van der Waals surface area contributed by atoms with Crippen molar-refractivity contribution in [1.82, 2.24) is 9.78 Å². The third-order valence-electron chi connectivity index (χ3n) is 2.57. The highest BCUT2D eigenvalue weighted by molar-refractivity contribution is 5.96. The summed E-state index contributed by atoms with van der Waals surface area (Å²) in [5.74, 6) is -0.521. The molecule has 1 heterocycles. The van der Waals surface area contributed by atoms with E-state index in [2.05, 4.69) is 5.10 Å². The summed E-state index contributed by atoms with van der Waals surface area (Å²) in [5.41, 5.74) is 1.13. The number of hydrogen-bond donors (Lipinski definition) is 0. The van der Waals surface area contributed by atoms with E-state index in [1.54, 1.807) is 13.1 Å². The van der Waals surface area contributed by atoms with Crippen molar-refractivity contribution in [3.05, 3.63) is 53.1 Å². The van der Waals surface area contributed by atoms with Crippen LogP contribution < -0.4 is 0 Å². The molecule has 0 N–H and O–H groups in total. The second kappa shape index (κ2) is 4.91. The number of ketones is 1. The Bertz CT molecular complexity index is 605. The molecule has 1 aromatic carbocycles. The van der Waals surface area contributed by atoms with Gasteiger partial charge in [0.05, 0.1) is 0 Å². The molecule has 0 atom stereocenters. The average molecular weight is 246 g/mol. The van der Waals surface area contributed by atoms with E-state index in [0.29, 0.717) is 17.4 Å². The van der Waals surface area contributed by atoms with Crippen molar-refractivity contribution >= 4 is 12.1 Å². The quantitative estimate of drug-likeness (QED) is 0.612. The minimum absolute atomic E-state index is 0.0267. The number of nitrogens with zero attached hydrogens (tertiary/aromatic N) is 2. The van der Waals surface area contributed by atoms with E-state index in [1.165, 1.54) is 28.9 Å². The Balaban J connectivity index is 2.16. The highest BCUT2D eigenvalue weighted by Crippen LogP contribution is 2.10. The molecule has 0 aliphatic rings. The Morgan fingerprint density at radius 1 is 1.44 bits per heavy atom. The maximum absolute atomic E-state index is 13.1. The van der Waals surface area contributed by atoms with Gasteiger partial charge in [0, 0.05) is 11.8 Å². The van der Waals surface area contributed by atoms with Gasteiger partial charge in [-0.25, -0.2) is 4.39 Å². The fraction of sp³-hybridized carbons (Fsp3) is 0.154. The number of Topliss-reactive ketones (excluding diaryl/α,β-unsaturated/α-hetero) is 1. The van der Waals surface area contributed by atoms with Crippen molar-refractivity contribution in [2.24, 2.45) is 0 Å². The fourth-order valence-electron chi connectivity index (χ4n) is 1.58. The van der Waals surface area contributed by atoms with Crippen LogP contribution in [0.1, 0.15) is 26.4 Å². The number of rotatable bonds is 4. The van der Waals surface area contributed by atoms with Crippen LogP contribution in [0.4, 0.5) is 4.39 Å². The van der Waals surface area contributed by atoms with Crippen LogP contribution in [0.5, 0.6) is 0 Å². The molecule has 5 heteroatoms. The van der Waals surface area contributed by atoms with E-state index < -0.39 is 0 Å². The topological polar surface area (TPSA) is 52.0 Å². The molecule has 2 rings (SSSR count). The standard InChI is InChI=1S/C13H11FN2O2/c1-9-6-10(2-3-12(9)14)13(18)7-16-5-4-11(8-17)15-16/h2-6,8H,7H2,1H3. The van der Waals surface area contributed by atoms with E-state index in [1.807, 2.05) is 0 Å². The predicted molar refractivity (Wildman–Crippen MR) is 63.1 cm³/mol. The summed E-state index contributed by atoms with van der Waals surface area (Å²) in [6.45, 7) is 1.63. The zero-order chi connectivity index (χ0) is 13.1. The second-order valence-corrected chi connectivity index (χ2v) is 3.94. The average Bonchev–Trinajstić information content (AvgIpc) is 2.80. The first-order valence-corrected chi connectivity index (χ1v) is 5.38. The summed E-state index contributed by atoms with van der Waals surface area (Å²) in [6, 6.07) is 5.73. The number of hydrogen-bond acceptors (Lipinski definition) is 3. The minimum Gasteiger partial charge on any atom is -0.296 e. The van der Waals surface area contributed by atoms with Crippen LogP contribution in [0.15, 0.2) is 30.5 Å². The van der Waals surface area contributed by atoms with Gasteiger partial charge in [0.1, 0.15) is 18.1 Å². The lowest BCUT2D eigenvalue weighted by Crippen LogP contribution is -2.11. The van der Waals surface area contributed by atoms with Gasteiger partial charge in [0.25, 0.3) is 0 Å². The van der Waals surface area contributed by atoms with E-state index >= 15 is 0 Å². The molecule has 0 amide bonds. The minimum atomic E-state index is -0.339. The predicted octanol–water partition coefficient (Wildman–Crippen LogP) is 2.03. The molecular formula is C13H11FN2O2. The van der Waals surface area contributed by atoms with E-state index in [9.17, 15) is 14.0 Å².